The van der Waals surface area contributed by atoms with Crippen LogP contribution >= 0.6 is 11.3 Å². The molecule has 0 amide bonds. The van der Waals surface area contributed by atoms with Gasteiger partial charge in [-0.1, -0.05) is 71.9 Å². The van der Waals surface area contributed by atoms with Crippen LogP contribution in [0.2, 0.25) is 0 Å². The third kappa shape index (κ3) is 2.81. The van der Waals surface area contributed by atoms with Gasteiger partial charge in [-0.2, -0.15) is 0 Å². The molecule has 0 radical (unpaired) electrons. The molecule has 4 aromatic rings. The van der Waals surface area contributed by atoms with Crippen LogP contribution in [0, 0.1) is 0 Å². The molecule has 4 rings (SSSR count). The van der Waals surface area contributed by atoms with Crippen molar-refractivity contribution in [3.63, 3.8) is 0 Å². The molecule has 4 heteroatoms. The minimum absolute atomic E-state index is 0.716. The van der Waals surface area contributed by atoms with Crippen LogP contribution < -0.4 is 0 Å². The summed E-state index contributed by atoms with van der Waals surface area (Å²) in [5, 5.41) is 11.0. The number of thiophene rings is 1. The molecule has 0 aliphatic carbocycles. The normalized spacial score (nSPS) is 10.8. The van der Waals surface area contributed by atoms with Crippen LogP contribution in [0.25, 0.3) is 21.8 Å². The van der Waals surface area contributed by atoms with Gasteiger partial charge in [0, 0.05) is 5.56 Å². The van der Waals surface area contributed by atoms with E-state index >= 15 is 0 Å². The van der Waals surface area contributed by atoms with Crippen molar-refractivity contribution in [1.29, 1.82) is 0 Å². The molecule has 2 aromatic heterocycles. The average molecular weight is 317 g/mol. The van der Waals surface area contributed by atoms with Crippen LogP contribution in [0.3, 0.4) is 0 Å². The maximum atomic E-state index is 4.46. The van der Waals surface area contributed by atoms with Gasteiger partial charge < -0.3 is 0 Å². The first kappa shape index (κ1) is 13.9. The fraction of sp³-hybridized carbons (Fsp3) is 0.0526. The van der Waals surface area contributed by atoms with Crippen LogP contribution in [0.15, 0.2) is 78.2 Å². The minimum Gasteiger partial charge on any atom is -0.239 e. The maximum absolute atomic E-state index is 4.46. The van der Waals surface area contributed by atoms with Crippen molar-refractivity contribution in [3.8, 4) is 21.8 Å². The smallest absolute Gasteiger partial charge is 0.121 e. The van der Waals surface area contributed by atoms with Crippen LogP contribution in [0.1, 0.15) is 5.56 Å². The maximum Gasteiger partial charge on any atom is 0.121 e. The van der Waals surface area contributed by atoms with E-state index in [4.69, 9.17) is 0 Å². The van der Waals surface area contributed by atoms with E-state index in [1.54, 1.807) is 11.3 Å². The summed E-state index contributed by atoms with van der Waals surface area (Å²) in [5.74, 6) is 0. The monoisotopic (exact) mass is 317 g/mol. The van der Waals surface area contributed by atoms with Crippen molar-refractivity contribution in [2.24, 2.45) is 0 Å². The van der Waals surface area contributed by atoms with E-state index in [1.807, 2.05) is 28.9 Å². The van der Waals surface area contributed by atoms with Gasteiger partial charge in [0.05, 0.1) is 11.4 Å². The molecule has 3 nitrogen and oxygen atoms in total. The molecule has 2 heterocycles. The summed E-state index contributed by atoms with van der Waals surface area (Å²) in [7, 11) is 0. The molecule has 0 atom stereocenters. The lowest BCUT2D eigenvalue weighted by Crippen LogP contribution is -2.03. The second-order valence-corrected chi connectivity index (χ2v) is 6.22. The number of hydrogen-bond acceptors (Lipinski definition) is 3. The second kappa shape index (κ2) is 6.18. The summed E-state index contributed by atoms with van der Waals surface area (Å²) in [6.07, 6.45) is 0. The molecular weight excluding hydrogens is 302 g/mol. The lowest BCUT2D eigenvalue weighted by molar-refractivity contribution is 0.656. The number of aromatic nitrogens is 3. The van der Waals surface area contributed by atoms with E-state index in [-0.39, 0.29) is 0 Å². The summed E-state index contributed by atoms with van der Waals surface area (Å²) >= 11 is 1.71. The first-order valence-corrected chi connectivity index (χ1v) is 8.36. The first-order valence-electron chi connectivity index (χ1n) is 7.48. The van der Waals surface area contributed by atoms with Crippen molar-refractivity contribution in [2.45, 2.75) is 6.54 Å². The lowest BCUT2D eigenvalue weighted by atomic mass is 10.1. The highest BCUT2D eigenvalue weighted by atomic mass is 32.1. The van der Waals surface area contributed by atoms with E-state index in [0.29, 0.717) is 6.54 Å². The number of benzene rings is 2. The van der Waals surface area contributed by atoms with Gasteiger partial charge in [-0.25, -0.2) is 4.68 Å². The lowest BCUT2D eigenvalue weighted by Gasteiger charge is -2.07. The molecule has 0 aliphatic heterocycles. The Kier molecular flexibility index (Phi) is 3.74. The van der Waals surface area contributed by atoms with E-state index in [2.05, 4.69) is 64.2 Å². The molecule has 23 heavy (non-hydrogen) atoms. The molecule has 0 unspecified atom stereocenters. The zero-order valence-electron chi connectivity index (χ0n) is 12.5. The van der Waals surface area contributed by atoms with Crippen LogP contribution in [0.4, 0.5) is 0 Å². The predicted octanol–water partition coefficient (Wildman–Crippen LogP) is 4.72. The third-order valence-corrected chi connectivity index (χ3v) is 4.59. The van der Waals surface area contributed by atoms with Crippen molar-refractivity contribution in [2.75, 3.05) is 0 Å². The highest BCUT2D eigenvalue weighted by Gasteiger charge is 2.17. The molecule has 0 fully saturated rings. The molecule has 0 aliphatic rings. The molecule has 2 aromatic carbocycles. The Bertz CT molecular complexity index is 881. The van der Waals surface area contributed by atoms with Gasteiger partial charge >= 0.3 is 0 Å². The zero-order valence-corrected chi connectivity index (χ0v) is 13.3. The van der Waals surface area contributed by atoms with Gasteiger partial charge in [-0.3, -0.25) is 0 Å². The van der Waals surface area contributed by atoms with Gasteiger partial charge in [0.15, 0.2) is 0 Å². The van der Waals surface area contributed by atoms with Crippen LogP contribution in [0.5, 0.6) is 0 Å². The molecule has 0 saturated carbocycles. The fourth-order valence-corrected chi connectivity index (χ4v) is 3.40. The Labute approximate surface area is 138 Å². The van der Waals surface area contributed by atoms with Gasteiger partial charge in [-0.15, -0.1) is 16.4 Å². The molecular formula is C19H15N3S. The van der Waals surface area contributed by atoms with Crippen molar-refractivity contribution < 1.29 is 0 Å². The molecule has 112 valence electrons. The molecule has 0 spiro atoms. The fourth-order valence-electron chi connectivity index (χ4n) is 2.63. The van der Waals surface area contributed by atoms with Crippen LogP contribution in [-0.4, -0.2) is 15.0 Å². The van der Waals surface area contributed by atoms with Crippen molar-refractivity contribution in [3.05, 3.63) is 83.7 Å². The standard InChI is InChI=1S/C19H15N3S/c1-3-8-15(9-4-1)14-22-19(17-12-7-13-23-17)18(20-21-22)16-10-5-2-6-11-16/h1-13H,14H2. The topological polar surface area (TPSA) is 30.7 Å². The largest absolute Gasteiger partial charge is 0.239 e. The van der Waals surface area contributed by atoms with E-state index in [9.17, 15) is 0 Å². The average Bonchev–Trinajstić information content (AvgIpc) is 3.26. The zero-order chi connectivity index (χ0) is 15.5. The Hall–Kier alpha value is -2.72. The molecule has 0 N–H and O–H groups in total. The van der Waals surface area contributed by atoms with Gasteiger partial charge in [0.2, 0.25) is 0 Å². The Morgan fingerprint density at radius 2 is 1.57 bits per heavy atom. The summed E-state index contributed by atoms with van der Waals surface area (Å²) < 4.78 is 1.99. The first-order chi connectivity index (χ1) is 11.4. The number of rotatable bonds is 4. The minimum atomic E-state index is 0.716. The molecule has 0 saturated heterocycles. The predicted molar refractivity (Wildman–Crippen MR) is 94.3 cm³/mol. The highest BCUT2D eigenvalue weighted by Crippen LogP contribution is 2.33. The van der Waals surface area contributed by atoms with E-state index in [0.717, 1.165) is 17.0 Å². The van der Waals surface area contributed by atoms with Gasteiger partial charge in [-0.05, 0) is 17.0 Å². The van der Waals surface area contributed by atoms with E-state index in [1.165, 1.54) is 10.4 Å². The summed E-state index contributed by atoms with van der Waals surface area (Å²) in [4.78, 5) is 1.18. The third-order valence-electron chi connectivity index (χ3n) is 3.71. The number of nitrogens with zero attached hydrogens (tertiary/aromatic N) is 3. The summed E-state index contributed by atoms with van der Waals surface area (Å²) in [5.41, 5.74) is 4.32. The van der Waals surface area contributed by atoms with E-state index < -0.39 is 0 Å². The number of hydrogen-bond donors (Lipinski definition) is 0. The SMILES string of the molecule is c1ccc(Cn2nnc(-c3ccccc3)c2-c2cccs2)cc1. The van der Waals surface area contributed by atoms with Crippen LogP contribution in [-0.2, 0) is 6.54 Å². The second-order valence-electron chi connectivity index (χ2n) is 5.27. The van der Waals surface area contributed by atoms with Crippen molar-refractivity contribution >= 4 is 11.3 Å². The summed E-state index contributed by atoms with van der Waals surface area (Å²) in [6, 6.07) is 24.8. The summed E-state index contributed by atoms with van der Waals surface area (Å²) in [6.45, 7) is 0.716. The Morgan fingerprint density at radius 3 is 2.26 bits per heavy atom. The Balaban J connectivity index is 1.83. The highest BCUT2D eigenvalue weighted by molar-refractivity contribution is 7.13. The van der Waals surface area contributed by atoms with Crippen molar-refractivity contribution in [1.82, 2.24) is 15.0 Å². The van der Waals surface area contributed by atoms with Gasteiger partial charge in [0.25, 0.3) is 0 Å². The van der Waals surface area contributed by atoms with Gasteiger partial charge in [0.1, 0.15) is 11.4 Å². The quantitative estimate of drug-likeness (QED) is 0.545. The molecule has 0 bridgehead atoms. The Morgan fingerprint density at radius 1 is 0.826 bits per heavy atom.